The number of hydrogen-bond acceptors (Lipinski definition) is 3. The van der Waals surface area contributed by atoms with E-state index in [1.54, 1.807) is 22.7 Å². The third-order valence-corrected chi connectivity index (χ3v) is 4.00. The Morgan fingerprint density at radius 1 is 1.42 bits per heavy atom. The van der Waals surface area contributed by atoms with Crippen molar-refractivity contribution in [1.29, 1.82) is 0 Å². The number of nitrogens with zero attached hydrogens (tertiary/aromatic N) is 1. The topological polar surface area (TPSA) is 57.6 Å². The van der Waals surface area contributed by atoms with Gasteiger partial charge in [0.2, 0.25) is 5.91 Å². The van der Waals surface area contributed by atoms with Crippen molar-refractivity contribution < 1.29 is 14.7 Å². The third-order valence-electron chi connectivity index (χ3n) is 3.31. The Bertz CT molecular complexity index is 489. The van der Waals surface area contributed by atoms with Crippen molar-refractivity contribution in [2.45, 2.75) is 18.8 Å². The van der Waals surface area contributed by atoms with E-state index in [-0.39, 0.29) is 12.5 Å². The van der Waals surface area contributed by atoms with Crippen LogP contribution in [-0.2, 0) is 9.59 Å². The molecular weight excluding hydrogens is 262 g/mol. The Balaban J connectivity index is 2.15. The van der Waals surface area contributed by atoms with Crippen LogP contribution in [0.4, 0.5) is 5.69 Å². The first-order chi connectivity index (χ1) is 9.15. The number of carboxylic acid groups (broad SMARTS) is 1. The molecule has 0 saturated carbocycles. The maximum atomic E-state index is 12.2. The molecule has 5 heteroatoms. The maximum absolute atomic E-state index is 12.2. The summed E-state index contributed by atoms with van der Waals surface area (Å²) in [5, 5.41) is 9.23. The van der Waals surface area contributed by atoms with Gasteiger partial charge >= 0.3 is 5.97 Å². The van der Waals surface area contributed by atoms with Crippen LogP contribution in [0, 0.1) is 0 Å². The van der Waals surface area contributed by atoms with Crippen LogP contribution in [0.5, 0.6) is 0 Å². The fourth-order valence-electron chi connectivity index (χ4n) is 2.36. The van der Waals surface area contributed by atoms with Gasteiger partial charge in [-0.2, -0.15) is 11.8 Å². The molecule has 0 radical (unpaired) electrons. The van der Waals surface area contributed by atoms with E-state index in [0.29, 0.717) is 6.42 Å². The minimum Gasteiger partial charge on any atom is -0.481 e. The smallest absolute Gasteiger partial charge is 0.312 e. The summed E-state index contributed by atoms with van der Waals surface area (Å²) in [7, 11) is 0. The highest BCUT2D eigenvalue weighted by Gasteiger charge is 2.35. The summed E-state index contributed by atoms with van der Waals surface area (Å²) in [6.07, 6.45) is 3.31. The standard InChI is InChI=1S/C14H17NO3S/c1-19-8-4-7-13(16)15-9-11(14(17)18)10-5-2-3-6-12(10)15/h2-3,5-6,11H,4,7-9H2,1H3,(H,17,18). The number of rotatable bonds is 5. The highest BCUT2D eigenvalue weighted by Crippen LogP contribution is 2.36. The average molecular weight is 279 g/mol. The second-order valence-corrected chi connectivity index (χ2v) is 5.54. The molecule has 1 aliphatic rings. The van der Waals surface area contributed by atoms with Gasteiger partial charge in [0.1, 0.15) is 5.92 Å². The third kappa shape index (κ3) is 2.92. The molecule has 1 aliphatic heterocycles. The quantitative estimate of drug-likeness (QED) is 0.841. The number of benzene rings is 1. The van der Waals surface area contributed by atoms with Gasteiger partial charge in [-0.05, 0) is 30.1 Å². The lowest BCUT2D eigenvalue weighted by molar-refractivity contribution is -0.138. The monoisotopic (exact) mass is 279 g/mol. The van der Waals surface area contributed by atoms with Crippen molar-refractivity contribution in [2.24, 2.45) is 0 Å². The molecule has 19 heavy (non-hydrogen) atoms. The van der Waals surface area contributed by atoms with E-state index < -0.39 is 11.9 Å². The van der Waals surface area contributed by atoms with E-state index in [4.69, 9.17) is 0 Å². The summed E-state index contributed by atoms with van der Waals surface area (Å²) < 4.78 is 0. The van der Waals surface area contributed by atoms with Gasteiger partial charge in [0, 0.05) is 18.7 Å². The van der Waals surface area contributed by atoms with E-state index in [9.17, 15) is 14.7 Å². The van der Waals surface area contributed by atoms with Gasteiger partial charge in [0.15, 0.2) is 0 Å². The molecule has 0 saturated heterocycles. The molecular formula is C14H17NO3S. The highest BCUT2D eigenvalue weighted by atomic mass is 32.2. The van der Waals surface area contributed by atoms with E-state index >= 15 is 0 Å². The Hall–Kier alpha value is -1.49. The zero-order valence-electron chi connectivity index (χ0n) is 10.8. The Labute approximate surface area is 116 Å². The number of hydrogen-bond donors (Lipinski definition) is 1. The van der Waals surface area contributed by atoms with Gasteiger partial charge in [-0.15, -0.1) is 0 Å². The first-order valence-corrected chi connectivity index (χ1v) is 7.65. The molecule has 0 aliphatic carbocycles. The summed E-state index contributed by atoms with van der Waals surface area (Å²) in [4.78, 5) is 25.0. The molecule has 0 fully saturated rings. The number of carbonyl (C=O) groups excluding carboxylic acids is 1. The largest absolute Gasteiger partial charge is 0.481 e. The van der Waals surface area contributed by atoms with Gasteiger partial charge < -0.3 is 10.0 Å². The van der Waals surface area contributed by atoms with Gasteiger partial charge in [0.05, 0.1) is 0 Å². The molecule has 1 unspecified atom stereocenters. The van der Waals surface area contributed by atoms with Gasteiger partial charge in [-0.25, -0.2) is 0 Å². The van der Waals surface area contributed by atoms with E-state index in [2.05, 4.69) is 0 Å². The number of thioether (sulfide) groups is 1. The molecule has 4 nitrogen and oxygen atoms in total. The van der Waals surface area contributed by atoms with Crippen LogP contribution in [0.1, 0.15) is 24.3 Å². The number of amides is 1. The maximum Gasteiger partial charge on any atom is 0.312 e. The van der Waals surface area contributed by atoms with Crippen molar-refractivity contribution >= 4 is 29.3 Å². The van der Waals surface area contributed by atoms with Crippen LogP contribution in [0.15, 0.2) is 24.3 Å². The van der Waals surface area contributed by atoms with Gasteiger partial charge in [0.25, 0.3) is 0 Å². The van der Waals surface area contributed by atoms with Crippen LogP contribution in [-0.4, -0.2) is 35.5 Å². The Kier molecular flexibility index (Phi) is 4.47. The van der Waals surface area contributed by atoms with Crippen LogP contribution in [0.3, 0.4) is 0 Å². The number of carbonyl (C=O) groups is 2. The molecule has 0 spiro atoms. The lowest BCUT2D eigenvalue weighted by Crippen LogP contribution is -2.31. The molecule has 0 aromatic heterocycles. The Morgan fingerprint density at radius 2 is 2.16 bits per heavy atom. The number of aliphatic carboxylic acids is 1. The zero-order valence-corrected chi connectivity index (χ0v) is 11.7. The summed E-state index contributed by atoms with van der Waals surface area (Å²) in [5.74, 6) is -0.498. The minimum atomic E-state index is -0.869. The van der Waals surface area contributed by atoms with E-state index in [1.807, 2.05) is 24.5 Å². The lowest BCUT2D eigenvalue weighted by Gasteiger charge is -2.17. The normalized spacial score (nSPS) is 17.3. The molecule has 1 amide bonds. The van der Waals surface area contributed by atoms with Gasteiger partial charge in [-0.3, -0.25) is 9.59 Å². The number of para-hydroxylation sites is 1. The highest BCUT2D eigenvalue weighted by molar-refractivity contribution is 7.98. The van der Waals surface area contributed by atoms with E-state index in [1.165, 1.54) is 0 Å². The summed E-state index contributed by atoms with van der Waals surface area (Å²) in [6.45, 7) is 0.257. The van der Waals surface area contributed by atoms with Crippen molar-refractivity contribution in [3.8, 4) is 0 Å². The molecule has 1 aromatic rings. The zero-order chi connectivity index (χ0) is 13.8. The molecule has 1 atom stereocenters. The Morgan fingerprint density at radius 3 is 2.84 bits per heavy atom. The number of carboxylic acids is 1. The first kappa shape index (κ1) is 13.9. The summed E-state index contributed by atoms with van der Waals surface area (Å²) >= 11 is 1.71. The van der Waals surface area contributed by atoms with Crippen molar-refractivity contribution in [2.75, 3.05) is 23.5 Å². The summed E-state index contributed by atoms with van der Waals surface area (Å²) in [6, 6.07) is 7.27. The van der Waals surface area contributed by atoms with Crippen LogP contribution >= 0.6 is 11.8 Å². The average Bonchev–Trinajstić information content (AvgIpc) is 2.78. The summed E-state index contributed by atoms with van der Waals surface area (Å²) in [5.41, 5.74) is 1.50. The predicted octanol–water partition coefficient (Wildman–Crippen LogP) is 2.34. The fraction of sp³-hybridized carbons (Fsp3) is 0.429. The fourth-order valence-corrected chi connectivity index (χ4v) is 2.79. The molecule has 0 bridgehead atoms. The van der Waals surface area contributed by atoms with Crippen molar-refractivity contribution in [3.63, 3.8) is 0 Å². The molecule has 1 aromatic carbocycles. The second-order valence-electron chi connectivity index (χ2n) is 4.55. The number of fused-ring (bicyclic) bond motifs is 1. The van der Waals surface area contributed by atoms with Crippen molar-refractivity contribution in [1.82, 2.24) is 0 Å². The molecule has 102 valence electrons. The molecule has 2 rings (SSSR count). The van der Waals surface area contributed by atoms with Crippen LogP contribution in [0.25, 0.3) is 0 Å². The van der Waals surface area contributed by atoms with Crippen LogP contribution in [0.2, 0.25) is 0 Å². The predicted molar refractivity (Wildman–Crippen MR) is 76.8 cm³/mol. The molecule has 1 heterocycles. The SMILES string of the molecule is CSCCCC(=O)N1CC(C(=O)O)c2ccccc21. The van der Waals surface area contributed by atoms with Crippen molar-refractivity contribution in [3.05, 3.63) is 29.8 Å². The number of anilines is 1. The second kappa shape index (κ2) is 6.10. The molecule has 1 N–H and O–H groups in total. The minimum absolute atomic E-state index is 0.0188. The lowest BCUT2D eigenvalue weighted by atomic mass is 10.0. The van der Waals surface area contributed by atoms with Gasteiger partial charge in [-0.1, -0.05) is 18.2 Å². The van der Waals surface area contributed by atoms with Crippen LogP contribution < -0.4 is 4.90 Å². The van der Waals surface area contributed by atoms with E-state index in [0.717, 1.165) is 23.4 Å². The first-order valence-electron chi connectivity index (χ1n) is 6.26.